The number of aromatic nitrogens is 2. The Morgan fingerprint density at radius 3 is 2.78 bits per heavy atom. The molecule has 1 N–H and O–H groups in total. The Morgan fingerprint density at radius 2 is 2.04 bits per heavy atom. The van der Waals surface area contributed by atoms with E-state index in [-0.39, 0.29) is 23.4 Å². The molecule has 6 heteroatoms. The first-order valence-electron chi connectivity index (χ1n) is 8.38. The van der Waals surface area contributed by atoms with E-state index in [9.17, 15) is 9.59 Å². The zero-order valence-corrected chi connectivity index (χ0v) is 14.3. The van der Waals surface area contributed by atoms with E-state index in [0.717, 1.165) is 29.5 Å². The number of amides is 1. The predicted octanol–water partition coefficient (Wildman–Crippen LogP) is 2.59. The lowest BCUT2D eigenvalue weighted by Crippen LogP contribution is -2.32. The third-order valence-corrected chi connectivity index (χ3v) is 6.20. The fourth-order valence-corrected chi connectivity index (χ4v) is 5.06. The van der Waals surface area contributed by atoms with Crippen LogP contribution >= 0.6 is 11.3 Å². The van der Waals surface area contributed by atoms with E-state index in [0.29, 0.717) is 18.8 Å². The van der Waals surface area contributed by atoms with Gasteiger partial charge >= 0.3 is 0 Å². The Balaban J connectivity index is 1.75. The second-order valence-electron chi connectivity index (χ2n) is 6.88. The molecule has 1 aliphatic heterocycles. The number of hydrogen-bond donors (Lipinski definition) is 1. The molecule has 0 spiro atoms. The molecule has 1 aliphatic carbocycles. The zero-order chi connectivity index (χ0) is 16.1. The van der Waals surface area contributed by atoms with Crippen LogP contribution in [0.1, 0.15) is 55.3 Å². The molecule has 0 saturated carbocycles. The van der Waals surface area contributed by atoms with Crippen molar-refractivity contribution in [3.63, 3.8) is 0 Å². The lowest BCUT2D eigenvalue weighted by atomic mass is 9.97. The lowest BCUT2D eigenvalue weighted by Gasteiger charge is -2.20. The minimum absolute atomic E-state index is 0.00104. The minimum Gasteiger partial charge on any atom is -0.340 e. The third kappa shape index (κ3) is 2.40. The van der Waals surface area contributed by atoms with E-state index >= 15 is 0 Å². The van der Waals surface area contributed by atoms with Gasteiger partial charge in [-0.15, -0.1) is 11.3 Å². The molecule has 4 rings (SSSR count). The van der Waals surface area contributed by atoms with Crippen molar-refractivity contribution in [1.82, 2.24) is 14.9 Å². The van der Waals surface area contributed by atoms with Gasteiger partial charge in [0.15, 0.2) is 0 Å². The SMILES string of the molecule is CC(C)N1CC(c2nc3sc4c(c3c(=O)[nH]2)CCCC4)CC1=O. The average Bonchev–Trinajstić information content (AvgIpc) is 3.07. The Bertz CT molecular complexity index is 836. The number of nitrogens with zero attached hydrogens (tertiary/aromatic N) is 2. The topological polar surface area (TPSA) is 66.1 Å². The van der Waals surface area contributed by atoms with Crippen molar-refractivity contribution in [2.24, 2.45) is 0 Å². The summed E-state index contributed by atoms with van der Waals surface area (Å²) in [5.41, 5.74) is 1.18. The van der Waals surface area contributed by atoms with E-state index < -0.39 is 0 Å². The molecular weight excluding hydrogens is 310 g/mol. The summed E-state index contributed by atoms with van der Waals surface area (Å²) in [5.74, 6) is 0.831. The number of H-pyrrole nitrogens is 1. The van der Waals surface area contributed by atoms with Gasteiger partial charge in [0.2, 0.25) is 5.91 Å². The molecule has 0 bridgehead atoms. The second kappa shape index (κ2) is 5.44. The summed E-state index contributed by atoms with van der Waals surface area (Å²) < 4.78 is 0. The second-order valence-corrected chi connectivity index (χ2v) is 7.97. The molecule has 1 amide bonds. The Hall–Kier alpha value is -1.69. The number of aromatic amines is 1. The summed E-state index contributed by atoms with van der Waals surface area (Å²) in [6, 6.07) is 0.192. The number of likely N-dealkylation sites (tertiary alicyclic amines) is 1. The van der Waals surface area contributed by atoms with Gasteiger partial charge in [-0.1, -0.05) is 0 Å². The molecule has 0 aromatic carbocycles. The standard InChI is InChI=1S/C17H21N3O2S/c1-9(2)20-8-10(7-13(20)21)15-18-16(22)14-11-5-3-4-6-12(11)23-17(14)19-15/h9-10H,3-8H2,1-2H3,(H,18,19,22). The maximum atomic E-state index is 12.6. The van der Waals surface area contributed by atoms with E-state index in [2.05, 4.69) is 4.98 Å². The first-order chi connectivity index (χ1) is 11.0. The molecule has 3 heterocycles. The highest BCUT2D eigenvalue weighted by Gasteiger charge is 2.34. The number of thiophene rings is 1. The van der Waals surface area contributed by atoms with Gasteiger partial charge in [0.25, 0.3) is 5.56 Å². The number of hydrogen-bond acceptors (Lipinski definition) is 4. The van der Waals surface area contributed by atoms with Crippen LogP contribution in [-0.2, 0) is 17.6 Å². The predicted molar refractivity (Wildman–Crippen MR) is 91.1 cm³/mol. The van der Waals surface area contributed by atoms with Gasteiger partial charge in [0.1, 0.15) is 10.7 Å². The molecule has 2 aromatic rings. The first kappa shape index (κ1) is 14.9. The van der Waals surface area contributed by atoms with Gasteiger partial charge in [-0.25, -0.2) is 4.98 Å². The maximum Gasteiger partial charge on any atom is 0.259 e. The molecule has 0 radical (unpaired) electrons. The molecule has 122 valence electrons. The Labute approximate surface area is 138 Å². The Morgan fingerprint density at radius 1 is 1.26 bits per heavy atom. The van der Waals surface area contributed by atoms with Crippen LogP contribution < -0.4 is 5.56 Å². The number of carbonyl (C=O) groups excluding carboxylic acids is 1. The van der Waals surface area contributed by atoms with Crippen LogP contribution in [0.15, 0.2) is 4.79 Å². The van der Waals surface area contributed by atoms with Crippen molar-refractivity contribution in [1.29, 1.82) is 0 Å². The third-order valence-electron chi connectivity index (χ3n) is 5.01. The van der Waals surface area contributed by atoms with Crippen molar-refractivity contribution in [2.75, 3.05) is 6.54 Å². The summed E-state index contributed by atoms with van der Waals surface area (Å²) in [5, 5.41) is 0.790. The molecule has 1 atom stereocenters. The molecule has 5 nitrogen and oxygen atoms in total. The number of rotatable bonds is 2. The van der Waals surface area contributed by atoms with Gasteiger partial charge in [-0.3, -0.25) is 9.59 Å². The zero-order valence-electron chi connectivity index (χ0n) is 13.5. The van der Waals surface area contributed by atoms with E-state index in [4.69, 9.17) is 4.98 Å². The maximum absolute atomic E-state index is 12.6. The number of fused-ring (bicyclic) bond motifs is 3. The van der Waals surface area contributed by atoms with E-state index in [1.165, 1.54) is 16.9 Å². The minimum atomic E-state index is -0.0279. The van der Waals surface area contributed by atoms with Crippen LogP contribution in [0.3, 0.4) is 0 Å². The van der Waals surface area contributed by atoms with Crippen LogP contribution in [0.25, 0.3) is 10.2 Å². The normalized spacial score (nSPS) is 21.4. The summed E-state index contributed by atoms with van der Waals surface area (Å²) in [7, 11) is 0. The fourth-order valence-electron chi connectivity index (χ4n) is 3.79. The van der Waals surface area contributed by atoms with Crippen molar-refractivity contribution in [2.45, 2.75) is 57.9 Å². The van der Waals surface area contributed by atoms with E-state index in [1.807, 2.05) is 18.7 Å². The van der Waals surface area contributed by atoms with Gasteiger partial charge in [0, 0.05) is 29.8 Å². The average molecular weight is 331 g/mol. The van der Waals surface area contributed by atoms with Gasteiger partial charge in [-0.05, 0) is 45.1 Å². The largest absolute Gasteiger partial charge is 0.340 e. The Kier molecular flexibility index (Phi) is 3.52. The number of aryl methyl sites for hydroxylation is 2. The molecular formula is C17H21N3O2S. The fraction of sp³-hybridized carbons (Fsp3) is 0.588. The van der Waals surface area contributed by atoms with Crippen LogP contribution in [0.4, 0.5) is 0 Å². The van der Waals surface area contributed by atoms with Gasteiger partial charge in [-0.2, -0.15) is 0 Å². The van der Waals surface area contributed by atoms with Crippen LogP contribution in [0.2, 0.25) is 0 Å². The molecule has 1 fully saturated rings. The summed E-state index contributed by atoms with van der Waals surface area (Å²) in [6.45, 7) is 4.69. The summed E-state index contributed by atoms with van der Waals surface area (Å²) in [4.78, 5) is 36.5. The highest BCUT2D eigenvalue weighted by atomic mass is 32.1. The molecule has 1 unspecified atom stereocenters. The van der Waals surface area contributed by atoms with Crippen LogP contribution in [-0.4, -0.2) is 33.4 Å². The monoisotopic (exact) mass is 331 g/mol. The summed E-state index contributed by atoms with van der Waals surface area (Å²) >= 11 is 1.67. The smallest absolute Gasteiger partial charge is 0.259 e. The van der Waals surface area contributed by atoms with Crippen molar-refractivity contribution >= 4 is 27.5 Å². The summed E-state index contributed by atoms with van der Waals surface area (Å²) in [6.07, 6.45) is 4.85. The molecule has 1 saturated heterocycles. The molecule has 2 aliphatic rings. The molecule has 2 aromatic heterocycles. The quantitative estimate of drug-likeness (QED) is 0.920. The van der Waals surface area contributed by atoms with Gasteiger partial charge in [0.05, 0.1) is 5.39 Å². The van der Waals surface area contributed by atoms with Crippen molar-refractivity contribution in [3.8, 4) is 0 Å². The van der Waals surface area contributed by atoms with Crippen molar-refractivity contribution in [3.05, 3.63) is 26.6 Å². The number of nitrogens with one attached hydrogen (secondary N) is 1. The highest BCUT2D eigenvalue weighted by Crippen LogP contribution is 2.35. The van der Waals surface area contributed by atoms with Gasteiger partial charge < -0.3 is 9.88 Å². The van der Waals surface area contributed by atoms with E-state index in [1.54, 1.807) is 11.3 Å². The van der Waals surface area contributed by atoms with Crippen LogP contribution in [0.5, 0.6) is 0 Å². The van der Waals surface area contributed by atoms with Crippen molar-refractivity contribution < 1.29 is 4.79 Å². The lowest BCUT2D eigenvalue weighted by molar-refractivity contribution is -0.129. The van der Waals surface area contributed by atoms with Crippen LogP contribution in [0, 0.1) is 0 Å². The number of carbonyl (C=O) groups is 1. The first-order valence-corrected chi connectivity index (χ1v) is 9.20. The molecule has 23 heavy (non-hydrogen) atoms. The highest BCUT2D eigenvalue weighted by molar-refractivity contribution is 7.18.